The maximum Gasteiger partial charge on any atom is 0.126 e. The normalized spacial score (nSPS) is 24.0. The van der Waals surface area contributed by atoms with Crippen LogP contribution in [0.2, 0.25) is 0 Å². The third-order valence-corrected chi connectivity index (χ3v) is 4.28. The van der Waals surface area contributed by atoms with Gasteiger partial charge in [0.1, 0.15) is 5.82 Å². The lowest BCUT2D eigenvalue weighted by Gasteiger charge is -2.07. The Bertz CT molecular complexity index is 591. The van der Waals surface area contributed by atoms with Crippen molar-refractivity contribution in [2.75, 3.05) is 5.32 Å². The van der Waals surface area contributed by atoms with Crippen LogP contribution >= 0.6 is 0 Å². The number of aryl methyl sites for hydroxylation is 2. The van der Waals surface area contributed by atoms with Crippen molar-refractivity contribution >= 4 is 5.82 Å². The fourth-order valence-corrected chi connectivity index (χ4v) is 3.11. The monoisotopic (exact) mass is 250 g/mol. The first-order valence-electron chi connectivity index (χ1n) is 7.20. The number of nitrogens with zero attached hydrogens (tertiary/aromatic N) is 1. The minimum atomic E-state index is 0.564. The number of pyridine rings is 1. The zero-order valence-electron chi connectivity index (χ0n) is 11.0. The van der Waals surface area contributed by atoms with Gasteiger partial charge in [-0.05, 0) is 42.9 Å². The topological polar surface area (TPSA) is 24.9 Å². The van der Waals surface area contributed by atoms with Crippen molar-refractivity contribution in [3.05, 3.63) is 59.3 Å². The van der Waals surface area contributed by atoms with Crippen LogP contribution in [0.3, 0.4) is 0 Å². The summed E-state index contributed by atoms with van der Waals surface area (Å²) < 4.78 is 0. The molecule has 4 rings (SSSR count). The highest BCUT2D eigenvalue weighted by atomic mass is 15.1. The number of rotatable bonds is 3. The van der Waals surface area contributed by atoms with E-state index < -0.39 is 0 Å². The summed E-state index contributed by atoms with van der Waals surface area (Å²) in [5.74, 6) is 1.72. The van der Waals surface area contributed by atoms with E-state index in [-0.39, 0.29) is 0 Å². The lowest BCUT2D eigenvalue weighted by Crippen LogP contribution is -2.06. The van der Waals surface area contributed by atoms with Gasteiger partial charge in [-0.15, -0.1) is 0 Å². The largest absolute Gasteiger partial charge is 0.367 e. The standard InChI is InChI=1S/C17H18N2/c1-2-5-12(6-3-1)14-11-16(14)19-17-10-9-13-7-4-8-15(13)18-17/h1-3,5-6,9-10,14,16H,4,7-8,11H2,(H,18,19). The molecule has 0 saturated heterocycles. The molecule has 1 aromatic carbocycles. The van der Waals surface area contributed by atoms with Gasteiger partial charge in [-0.3, -0.25) is 0 Å². The first-order chi connectivity index (χ1) is 9.40. The molecule has 1 heterocycles. The van der Waals surface area contributed by atoms with E-state index in [9.17, 15) is 0 Å². The van der Waals surface area contributed by atoms with Crippen LogP contribution in [0.15, 0.2) is 42.5 Å². The Morgan fingerprint density at radius 2 is 1.89 bits per heavy atom. The quantitative estimate of drug-likeness (QED) is 0.901. The van der Waals surface area contributed by atoms with E-state index in [4.69, 9.17) is 4.98 Å². The molecule has 1 fully saturated rings. The molecule has 2 aliphatic carbocycles. The molecule has 1 N–H and O–H groups in total. The summed E-state index contributed by atoms with van der Waals surface area (Å²) in [4.78, 5) is 4.75. The molecule has 2 heteroatoms. The van der Waals surface area contributed by atoms with Crippen molar-refractivity contribution in [3.63, 3.8) is 0 Å². The second kappa shape index (κ2) is 4.37. The Hall–Kier alpha value is -1.83. The van der Waals surface area contributed by atoms with Crippen LogP contribution in [-0.4, -0.2) is 11.0 Å². The van der Waals surface area contributed by atoms with Gasteiger partial charge in [0.15, 0.2) is 0 Å². The van der Waals surface area contributed by atoms with Crippen LogP contribution in [0.4, 0.5) is 5.82 Å². The van der Waals surface area contributed by atoms with Gasteiger partial charge in [0.2, 0.25) is 0 Å². The predicted octanol–water partition coefficient (Wildman–Crippen LogP) is 3.54. The second-order valence-corrected chi connectivity index (χ2v) is 5.66. The van der Waals surface area contributed by atoms with E-state index in [2.05, 4.69) is 47.8 Å². The van der Waals surface area contributed by atoms with Crippen LogP contribution in [0.1, 0.15) is 35.6 Å². The van der Waals surface area contributed by atoms with E-state index in [1.54, 1.807) is 0 Å². The average Bonchev–Trinajstić information content (AvgIpc) is 3.06. The van der Waals surface area contributed by atoms with E-state index in [0.717, 1.165) is 12.2 Å². The van der Waals surface area contributed by atoms with Gasteiger partial charge in [-0.1, -0.05) is 36.4 Å². The number of aromatic nitrogens is 1. The van der Waals surface area contributed by atoms with E-state index in [0.29, 0.717) is 12.0 Å². The van der Waals surface area contributed by atoms with Gasteiger partial charge < -0.3 is 5.32 Å². The van der Waals surface area contributed by atoms with Crippen molar-refractivity contribution in [2.24, 2.45) is 0 Å². The summed E-state index contributed by atoms with van der Waals surface area (Å²) in [5.41, 5.74) is 4.20. The lowest BCUT2D eigenvalue weighted by molar-refractivity contribution is 0.898. The van der Waals surface area contributed by atoms with Crippen LogP contribution < -0.4 is 5.32 Å². The summed E-state index contributed by atoms with van der Waals surface area (Å²) in [5, 5.41) is 3.58. The number of hydrogen-bond acceptors (Lipinski definition) is 2. The molecule has 19 heavy (non-hydrogen) atoms. The summed E-state index contributed by atoms with van der Waals surface area (Å²) in [6, 6.07) is 15.7. The van der Waals surface area contributed by atoms with Gasteiger partial charge in [-0.25, -0.2) is 4.98 Å². The number of hydrogen-bond donors (Lipinski definition) is 1. The molecule has 2 unspecified atom stereocenters. The summed E-state index contributed by atoms with van der Waals surface area (Å²) in [7, 11) is 0. The van der Waals surface area contributed by atoms with Crippen molar-refractivity contribution in [1.29, 1.82) is 0 Å². The molecule has 0 bridgehead atoms. The molecule has 2 aliphatic rings. The minimum Gasteiger partial charge on any atom is -0.367 e. The maximum absolute atomic E-state index is 4.75. The van der Waals surface area contributed by atoms with Crippen molar-refractivity contribution in [1.82, 2.24) is 4.98 Å². The highest BCUT2D eigenvalue weighted by molar-refractivity contribution is 5.44. The average molecular weight is 250 g/mol. The molecule has 0 spiro atoms. The van der Waals surface area contributed by atoms with Crippen LogP contribution in [-0.2, 0) is 12.8 Å². The molecule has 0 aliphatic heterocycles. The number of nitrogens with one attached hydrogen (secondary N) is 1. The van der Waals surface area contributed by atoms with E-state index in [1.807, 2.05) is 0 Å². The Balaban J connectivity index is 1.46. The Labute approximate surface area is 113 Å². The van der Waals surface area contributed by atoms with Gasteiger partial charge in [-0.2, -0.15) is 0 Å². The molecule has 1 saturated carbocycles. The van der Waals surface area contributed by atoms with Crippen LogP contribution in [0.5, 0.6) is 0 Å². The third-order valence-electron chi connectivity index (χ3n) is 4.28. The Kier molecular flexibility index (Phi) is 2.54. The SMILES string of the molecule is c1ccc(C2CC2Nc2ccc3c(n2)CCC3)cc1. The summed E-state index contributed by atoms with van der Waals surface area (Å²) >= 11 is 0. The molecule has 2 nitrogen and oxygen atoms in total. The fraction of sp³-hybridized carbons (Fsp3) is 0.353. The molecule has 2 atom stereocenters. The molecular weight excluding hydrogens is 232 g/mol. The highest BCUT2D eigenvalue weighted by Gasteiger charge is 2.38. The minimum absolute atomic E-state index is 0.564. The molecule has 0 amide bonds. The first-order valence-corrected chi connectivity index (χ1v) is 7.20. The van der Waals surface area contributed by atoms with Gasteiger partial charge in [0.05, 0.1) is 0 Å². The molecule has 1 aromatic heterocycles. The van der Waals surface area contributed by atoms with Crippen molar-refractivity contribution < 1.29 is 0 Å². The highest BCUT2D eigenvalue weighted by Crippen LogP contribution is 2.42. The fourth-order valence-electron chi connectivity index (χ4n) is 3.11. The van der Waals surface area contributed by atoms with Crippen molar-refractivity contribution in [2.45, 2.75) is 37.6 Å². The van der Waals surface area contributed by atoms with Crippen molar-refractivity contribution in [3.8, 4) is 0 Å². The zero-order valence-corrected chi connectivity index (χ0v) is 11.0. The summed E-state index contributed by atoms with van der Waals surface area (Å²) in [6.45, 7) is 0. The zero-order chi connectivity index (χ0) is 12.7. The number of fused-ring (bicyclic) bond motifs is 1. The smallest absolute Gasteiger partial charge is 0.126 e. The molecule has 2 aromatic rings. The maximum atomic E-state index is 4.75. The molecule has 0 radical (unpaired) electrons. The lowest BCUT2D eigenvalue weighted by atomic mass is 10.1. The van der Waals surface area contributed by atoms with Crippen LogP contribution in [0, 0.1) is 0 Å². The number of benzene rings is 1. The van der Waals surface area contributed by atoms with Gasteiger partial charge in [0.25, 0.3) is 0 Å². The predicted molar refractivity (Wildman–Crippen MR) is 77.5 cm³/mol. The number of anilines is 1. The van der Waals surface area contributed by atoms with Gasteiger partial charge in [0, 0.05) is 17.7 Å². The van der Waals surface area contributed by atoms with E-state index in [1.165, 1.54) is 36.1 Å². The Morgan fingerprint density at radius 3 is 2.79 bits per heavy atom. The molecule has 96 valence electrons. The van der Waals surface area contributed by atoms with Gasteiger partial charge >= 0.3 is 0 Å². The first kappa shape index (κ1) is 11.0. The van der Waals surface area contributed by atoms with E-state index >= 15 is 0 Å². The summed E-state index contributed by atoms with van der Waals surface area (Å²) in [6.07, 6.45) is 4.85. The second-order valence-electron chi connectivity index (χ2n) is 5.66. The third kappa shape index (κ3) is 2.12. The Morgan fingerprint density at radius 1 is 1.00 bits per heavy atom. The van der Waals surface area contributed by atoms with Crippen LogP contribution in [0.25, 0.3) is 0 Å². The molecular formula is C17H18N2.